The van der Waals surface area contributed by atoms with Crippen molar-refractivity contribution >= 4 is 5.91 Å². The molecule has 3 heteroatoms. The molecule has 0 spiro atoms. The minimum absolute atomic E-state index is 0.0765. The normalized spacial score (nSPS) is 44.1. The van der Waals surface area contributed by atoms with Gasteiger partial charge in [-0.15, -0.1) is 0 Å². The van der Waals surface area contributed by atoms with Crippen LogP contribution in [-0.2, 0) is 4.79 Å². The molecule has 3 rings (SSSR count). The molecule has 3 nitrogen and oxygen atoms in total. The van der Waals surface area contributed by atoms with E-state index in [0.717, 1.165) is 31.7 Å². The summed E-state index contributed by atoms with van der Waals surface area (Å²) < 4.78 is 0. The van der Waals surface area contributed by atoms with E-state index in [1.165, 1.54) is 32.1 Å². The molecule has 3 fully saturated rings. The van der Waals surface area contributed by atoms with Gasteiger partial charge in [0.2, 0.25) is 5.91 Å². The van der Waals surface area contributed by atoms with Crippen LogP contribution in [0, 0.1) is 11.3 Å². The van der Waals surface area contributed by atoms with E-state index in [9.17, 15) is 4.79 Å². The highest BCUT2D eigenvalue weighted by Gasteiger charge is 2.49. The monoisotopic (exact) mass is 250 g/mol. The number of carbonyl (C=O) groups excluding carboxylic acids is 1. The molecule has 0 aromatic heterocycles. The number of carbonyl (C=O) groups is 1. The Morgan fingerprint density at radius 2 is 1.94 bits per heavy atom. The van der Waals surface area contributed by atoms with Crippen molar-refractivity contribution in [3.63, 3.8) is 0 Å². The summed E-state index contributed by atoms with van der Waals surface area (Å²) >= 11 is 0. The number of hydrogen-bond donors (Lipinski definition) is 1. The van der Waals surface area contributed by atoms with Crippen molar-refractivity contribution < 1.29 is 4.79 Å². The zero-order valence-corrected chi connectivity index (χ0v) is 11.5. The van der Waals surface area contributed by atoms with Crippen molar-refractivity contribution in [2.24, 2.45) is 17.1 Å². The molecule has 1 aliphatic heterocycles. The van der Waals surface area contributed by atoms with Crippen LogP contribution in [-0.4, -0.2) is 29.4 Å². The third-order valence-electron chi connectivity index (χ3n) is 5.79. The molecule has 2 aliphatic carbocycles. The van der Waals surface area contributed by atoms with E-state index in [1.54, 1.807) is 0 Å². The summed E-state index contributed by atoms with van der Waals surface area (Å²) in [6.45, 7) is 3.08. The van der Waals surface area contributed by atoms with Gasteiger partial charge in [0.15, 0.2) is 0 Å². The molecule has 0 radical (unpaired) electrons. The Bertz CT molecular complexity index is 343. The lowest BCUT2D eigenvalue weighted by atomic mass is 9.81. The Morgan fingerprint density at radius 1 is 1.17 bits per heavy atom. The smallest absolute Gasteiger partial charge is 0.230 e. The van der Waals surface area contributed by atoms with Crippen LogP contribution in [0.15, 0.2) is 0 Å². The summed E-state index contributed by atoms with van der Waals surface area (Å²) in [7, 11) is 0. The van der Waals surface area contributed by atoms with Gasteiger partial charge in [-0.3, -0.25) is 4.79 Å². The number of rotatable bonds is 1. The summed E-state index contributed by atoms with van der Waals surface area (Å²) in [6.07, 6.45) is 9.56. The maximum Gasteiger partial charge on any atom is 0.230 e. The number of nitrogens with zero attached hydrogens (tertiary/aromatic N) is 1. The standard InChI is InChI=1S/C15H26N2O/c1-15(9-4-7-13(15)16)14(18)17-10-8-11-5-2-3-6-12(11)17/h11-13H,2-10,16H2,1H3. The molecule has 0 bridgehead atoms. The Morgan fingerprint density at radius 3 is 2.67 bits per heavy atom. The van der Waals surface area contributed by atoms with Crippen LogP contribution < -0.4 is 5.73 Å². The van der Waals surface area contributed by atoms with Crippen LogP contribution in [0.1, 0.15) is 58.3 Å². The molecule has 4 unspecified atom stereocenters. The van der Waals surface area contributed by atoms with Crippen LogP contribution in [0.3, 0.4) is 0 Å². The predicted octanol–water partition coefficient (Wildman–Crippen LogP) is 2.29. The third kappa shape index (κ3) is 1.78. The first-order chi connectivity index (χ1) is 8.63. The third-order valence-corrected chi connectivity index (χ3v) is 5.79. The van der Waals surface area contributed by atoms with E-state index in [0.29, 0.717) is 11.9 Å². The Labute approximate surface area is 110 Å². The number of fused-ring (bicyclic) bond motifs is 1. The maximum absolute atomic E-state index is 12.9. The van der Waals surface area contributed by atoms with Crippen LogP contribution in [0.25, 0.3) is 0 Å². The van der Waals surface area contributed by atoms with Crippen molar-refractivity contribution in [3.8, 4) is 0 Å². The Kier molecular flexibility index (Phi) is 3.13. The Hall–Kier alpha value is -0.570. The fourth-order valence-corrected chi connectivity index (χ4v) is 4.44. The number of amides is 1. The van der Waals surface area contributed by atoms with Crippen molar-refractivity contribution in [3.05, 3.63) is 0 Å². The van der Waals surface area contributed by atoms with E-state index >= 15 is 0 Å². The molecule has 3 aliphatic rings. The summed E-state index contributed by atoms with van der Waals surface area (Å²) in [5.74, 6) is 1.14. The minimum atomic E-state index is -0.271. The van der Waals surface area contributed by atoms with Gasteiger partial charge >= 0.3 is 0 Å². The van der Waals surface area contributed by atoms with Crippen LogP contribution in [0.2, 0.25) is 0 Å². The van der Waals surface area contributed by atoms with Gasteiger partial charge in [0.05, 0.1) is 5.41 Å². The Balaban J connectivity index is 1.76. The highest BCUT2D eigenvalue weighted by molar-refractivity contribution is 5.84. The van der Waals surface area contributed by atoms with Gasteiger partial charge < -0.3 is 10.6 Å². The minimum Gasteiger partial charge on any atom is -0.339 e. The fourth-order valence-electron chi connectivity index (χ4n) is 4.44. The second kappa shape index (κ2) is 4.52. The van der Waals surface area contributed by atoms with Crippen molar-refractivity contribution in [1.82, 2.24) is 4.90 Å². The summed E-state index contributed by atoms with van der Waals surface area (Å²) in [4.78, 5) is 15.1. The highest BCUT2D eigenvalue weighted by atomic mass is 16.2. The predicted molar refractivity (Wildman–Crippen MR) is 72.0 cm³/mol. The summed E-state index contributed by atoms with van der Waals surface area (Å²) in [5, 5.41) is 0. The molecule has 0 aromatic carbocycles. The summed E-state index contributed by atoms with van der Waals surface area (Å²) in [6, 6.07) is 0.614. The van der Waals surface area contributed by atoms with E-state index in [-0.39, 0.29) is 11.5 Å². The first-order valence-electron chi connectivity index (χ1n) is 7.69. The lowest BCUT2D eigenvalue weighted by Gasteiger charge is -2.38. The van der Waals surface area contributed by atoms with Gasteiger partial charge in [-0.05, 0) is 44.9 Å². The molecule has 1 amide bonds. The number of nitrogens with two attached hydrogens (primary N) is 1. The largest absolute Gasteiger partial charge is 0.339 e. The van der Waals surface area contributed by atoms with Gasteiger partial charge in [0.1, 0.15) is 0 Å². The van der Waals surface area contributed by atoms with Gasteiger partial charge in [0.25, 0.3) is 0 Å². The molecule has 18 heavy (non-hydrogen) atoms. The zero-order chi connectivity index (χ0) is 12.8. The molecule has 1 saturated heterocycles. The molecule has 2 saturated carbocycles. The van der Waals surface area contributed by atoms with E-state index in [4.69, 9.17) is 5.73 Å². The average Bonchev–Trinajstić information content (AvgIpc) is 2.94. The lowest BCUT2D eigenvalue weighted by Crippen LogP contribution is -2.51. The van der Waals surface area contributed by atoms with Crippen LogP contribution >= 0.6 is 0 Å². The van der Waals surface area contributed by atoms with Gasteiger partial charge in [-0.1, -0.05) is 19.3 Å². The zero-order valence-electron chi connectivity index (χ0n) is 11.5. The van der Waals surface area contributed by atoms with Crippen molar-refractivity contribution in [2.75, 3.05) is 6.54 Å². The topological polar surface area (TPSA) is 46.3 Å². The number of hydrogen-bond acceptors (Lipinski definition) is 2. The number of likely N-dealkylation sites (tertiary alicyclic amines) is 1. The van der Waals surface area contributed by atoms with Crippen molar-refractivity contribution in [2.45, 2.75) is 70.4 Å². The van der Waals surface area contributed by atoms with Crippen LogP contribution in [0.4, 0.5) is 0 Å². The molecule has 4 atom stereocenters. The molecular formula is C15H26N2O. The van der Waals surface area contributed by atoms with Gasteiger partial charge in [-0.2, -0.15) is 0 Å². The molecule has 0 aromatic rings. The quantitative estimate of drug-likeness (QED) is 0.776. The first kappa shape index (κ1) is 12.5. The average molecular weight is 250 g/mol. The van der Waals surface area contributed by atoms with Gasteiger partial charge in [-0.25, -0.2) is 0 Å². The van der Waals surface area contributed by atoms with E-state index in [1.807, 2.05) is 0 Å². The van der Waals surface area contributed by atoms with E-state index < -0.39 is 0 Å². The first-order valence-corrected chi connectivity index (χ1v) is 7.69. The lowest BCUT2D eigenvalue weighted by molar-refractivity contribution is -0.143. The van der Waals surface area contributed by atoms with Crippen molar-refractivity contribution in [1.29, 1.82) is 0 Å². The highest BCUT2D eigenvalue weighted by Crippen LogP contribution is 2.43. The SMILES string of the molecule is CC1(C(=O)N2CCC3CCCCC32)CCCC1N. The summed E-state index contributed by atoms with van der Waals surface area (Å²) in [5.41, 5.74) is 5.93. The molecular weight excluding hydrogens is 224 g/mol. The van der Waals surface area contributed by atoms with Gasteiger partial charge in [0, 0.05) is 18.6 Å². The second-order valence-electron chi connectivity index (χ2n) is 6.82. The molecule has 102 valence electrons. The molecule has 1 heterocycles. The maximum atomic E-state index is 12.9. The molecule has 2 N–H and O–H groups in total. The fraction of sp³-hybridized carbons (Fsp3) is 0.933. The van der Waals surface area contributed by atoms with E-state index in [2.05, 4.69) is 11.8 Å². The second-order valence-corrected chi connectivity index (χ2v) is 6.82. The van der Waals surface area contributed by atoms with Crippen LogP contribution in [0.5, 0.6) is 0 Å².